The largest absolute Gasteiger partial charge is 0.463 e. The lowest BCUT2D eigenvalue weighted by molar-refractivity contribution is -0.533. The van der Waals surface area contributed by atoms with E-state index in [-0.39, 0.29) is 23.9 Å². The van der Waals surface area contributed by atoms with Crippen molar-refractivity contribution in [3.8, 4) is 0 Å². The Hall–Kier alpha value is -2.12. The molecule has 154 valence electrons. The molecule has 0 radical (unpaired) electrons. The monoisotopic (exact) mass is 384 g/mol. The van der Waals surface area contributed by atoms with E-state index in [1.165, 1.54) is 0 Å². The minimum absolute atomic E-state index is 0.00109. The van der Waals surface area contributed by atoms with Crippen LogP contribution in [-0.4, -0.2) is 41.3 Å². The van der Waals surface area contributed by atoms with Crippen molar-refractivity contribution in [2.45, 2.75) is 78.5 Å². The molecule has 0 heterocycles. The van der Waals surface area contributed by atoms with E-state index in [1.54, 1.807) is 33.8 Å². The first kappa shape index (κ1) is 22.9. The van der Waals surface area contributed by atoms with Crippen LogP contribution in [0.2, 0.25) is 0 Å². The predicted octanol–water partition coefficient (Wildman–Crippen LogP) is 3.47. The number of carbonyl (C=O) groups is 2. The summed E-state index contributed by atoms with van der Waals surface area (Å²) in [6.07, 6.45) is 2.02. The van der Waals surface area contributed by atoms with Crippen molar-refractivity contribution in [1.82, 2.24) is 5.32 Å². The lowest BCUT2D eigenvalue weighted by Crippen LogP contribution is -2.50. The Morgan fingerprint density at radius 3 is 2.48 bits per heavy atom. The average molecular weight is 384 g/mol. The van der Waals surface area contributed by atoms with Gasteiger partial charge in [0.1, 0.15) is 5.60 Å². The molecule has 1 aliphatic rings. The van der Waals surface area contributed by atoms with Gasteiger partial charge in [-0.2, -0.15) is 0 Å². The number of nitrogens with one attached hydrogen (secondary N) is 1. The third-order valence-electron chi connectivity index (χ3n) is 4.31. The number of nitro groups is 1. The molecule has 27 heavy (non-hydrogen) atoms. The van der Waals surface area contributed by atoms with E-state index >= 15 is 0 Å². The summed E-state index contributed by atoms with van der Waals surface area (Å²) in [5.74, 6) is -0.704. The molecule has 0 saturated heterocycles. The fourth-order valence-electron chi connectivity index (χ4n) is 3.26. The van der Waals surface area contributed by atoms with Crippen LogP contribution in [-0.2, 0) is 14.3 Å². The van der Waals surface area contributed by atoms with Gasteiger partial charge < -0.3 is 14.8 Å². The quantitative estimate of drug-likeness (QED) is 0.409. The van der Waals surface area contributed by atoms with Crippen molar-refractivity contribution in [3.63, 3.8) is 0 Å². The van der Waals surface area contributed by atoms with Crippen LogP contribution in [0, 0.1) is 22.0 Å². The maximum Gasteiger partial charge on any atom is 0.407 e. The first-order chi connectivity index (χ1) is 12.4. The predicted molar refractivity (Wildman–Crippen MR) is 101 cm³/mol. The van der Waals surface area contributed by atoms with Crippen LogP contribution >= 0.6 is 0 Å². The van der Waals surface area contributed by atoms with Gasteiger partial charge in [0.2, 0.25) is 6.04 Å². The zero-order valence-electron chi connectivity index (χ0n) is 17.1. The van der Waals surface area contributed by atoms with Gasteiger partial charge in [0.15, 0.2) is 0 Å². The molecule has 1 amide bonds. The normalized spacial score (nSPS) is 21.2. The summed E-state index contributed by atoms with van der Waals surface area (Å²) in [7, 11) is 0. The molecule has 0 saturated carbocycles. The van der Waals surface area contributed by atoms with Gasteiger partial charge in [-0.05, 0) is 46.5 Å². The minimum atomic E-state index is -0.965. The number of nitrogens with zero attached hydrogens (tertiary/aromatic N) is 1. The Morgan fingerprint density at radius 1 is 1.37 bits per heavy atom. The second-order valence-electron chi connectivity index (χ2n) is 8.29. The lowest BCUT2D eigenvalue weighted by atomic mass is 9.78. The molecule has 0 aromatic carbocycles. The van der Waals surface area contributed by atoms with Crippen LogP contribution in [0.3, 0.4) is 0 Å². The summed E-state index contributed by atoms with van der Waals surface area (Å²) >= 11 is 0. The molecule has 0 fully saturated rings. The van der Waals surface area contributed by atoms with Gasteiger partial charge in [-0.15, -0.1) is 0 Å². The van der Waals surface area contributed by atoms with Crippen LogP contribution < -0.4 is 5.32 Å². The van der Waals surface area contributed by atoms with Crippen LogP contribution in [0.15, 0.2) is 11.6 Å². The van der Waals surface area contributed by atoms with Crippen molar-refractivity contribution in [3.05, 3.63) is 21.8 Å². The molecule has 8 nitrogen and oxygen atoms in total. The highest BCUT2D eigenvalue weighted by Crippen LogP contribution is 2.32. The summed E-state index contributed by atoms with van der Waals surface area (Å²) in [5, 5.41) is 14.5. The molecule has 1 aliphatic carbocycles. The van der Waals surface area contributed by atoms with Gasteiger partial charge in [0.05, 0.1) is 12.5 Å². The zero-order valence-corrected chi connectivity index (χ0v) is 17.1. The van der Waals surface area contributed by atoms with E-state index in [0.29, 0.717) is 18.4 Å². The molecule has 0 aliphatic heterocycles. The Kier molecular flexibility index (Phi) is 8.24. The maximum atomic E-state index is 12.2. The van der Waals surface area contributed by atoms with Crippen LogP contribution in [0.5, 0.6) is 0 Å². The first-order valence-electron chi connectivity index (χ1n) is 9.43. The lowest BCUT2D eigenvalue weighted by Gasteiger charge is -2.33. The Balaban J connectivity index is 3.02. The summed E-state index contributed by atoms with van der Waals surface area (Å²) in [6.45, 7) is 11.2. The standard InChI is InChI=1S/C19H32N2O6/c1-7-26-17(22)13-8-9-14(16(11-13)21(24)25)15(10-12(2)3)20-18(23)27-19(4,5)6/h8,12,14-16H,7,9-11H2,1-6H3,(H,20,23). The second-order valence-corrected chi connectivity index (χ2v) is 8.29. The highest BCUT2D eigenvalue weighted by atomic mass is 16.6. The zero-order chi connectivity index (χ0) is 20.8. The molecule has 8 heteroatoms. The number of allylic oxidation sites excluding steroid dienone is 1. The molecular weight excluding hydrogens is 352 g/mol. The minimum Gasteiger partial charge on any atom is -0.463 e. The first-order valence-corrected chi connectivity index (χ1v) is 9.43. The number of carbonyl (C=O) groups excluding carboxylic acids is 2. The third kappa shape index (κ3) is 7.56. The maximum absolute atomic E-state index is 12.2. The van der Waals surface area contributed by atoms with Gasteiger partial charge in [-0.1, -0.05) is 19.9 Å². The number of hydrogen-bond acceptors (Lipinski definition) is 6. The number of hydrogen-bond donors (Lipinski definition) is 1. The highest BCUT2D eigenvalue weighted by molar-refractivity contribution is 5.88. The van der Waals surface area contributed by atoms with E-state index in [4.69, 9.17) is 9.47 Å². The van der Waals surface area contributed by atoms with Gasteiger partial charge in [0.25, 0.3) is 0 Å². The van der Waals surface area contributed by atoms with Crippen molar-refractivity contribution >= 4 is 12.1 Å². The smallest absolute Gasteiger partial charge is 0.407 e. The highest BCUT2D eigenvalue weighted by Gasteiger charge is 2.42. The molecule has 3 atom stereocenters. The topological polar surface area (TPSA) is 108 Å². The average Bonchev–Trinajstić information content (AvgIpc) is 2.51. The number of esters is 1. The van der Waals surface area contributed by atoms with Gasteiger partial charge >= 0.3 is 12.1 Å². The van der Waals surface area contributed by atoms with Crippen LogP contribution in [0.25, 0.3) is 0 Å². The summed E-state index contributed by atoms with van der Waals surface area (Å²) in [5.41, 5.74) is -0.325. The number of amides is 1. The van der Waals surface area contributed by atoms with Crippen molar-refractivity contribution < 1.29 is 24.0 Å². The Morgan fingerprint density at radius 2 is 2.00 bits per heavy atom. The fourth-order valence-corrected chi connectivity index (χ4v) is 3.26. The number of alkyl carbamates (subject to hydrolysis) is 1. The van der Waals surface area contributed by atoms with E-state index in [9.17, 15) is 19.7 Å². The van der Waals surface area contributed by atoms with E-state index in [0.717, 1.165) is 0 Å². The number of ether oxygens (including phenoxy) is 2. The van der Waals surface area contributed by atoms with Crippen molar-refractivity contribution in [2.75, 3.05) is 6.61 Å². The van der Waals surface area contributed by atoms with Gasteiger partial charge in [-0.3, -0.25) is 10.1 Å². The van der Waals surface area contributed by atoms with Crippen molar-refractivity contribution in [2.24, 2.45) is 11.8 Å². The molecular formula is C19H32N2O6. The molecule has 0 aromatic heterocycles. The Labute approximate surface area is 160 Å². The van der Waals surface area contributed by atoms with E-state index in [2.05, 4.69) is 5.32 Å². The molecule has 1 N–H and O–H groups in total. The molecule has 0 aromatic rings. The fraction of sp³-hybridized carbons (Fsp3) is 0.789. The van der Waals surface area contributed by atoms with Crippen molar-refractivity contribution in [1.29, 1.82) is 0 Å². The Bertz CT molecular complexity index is 579. The van der Waals surface area contributed by atoms with E-state index in [1.807, 2.05) is 13.8 Å². The summed E-state index contributed by atoms with van der Waals surface area (Å²) < 4.78 is 10.3. The molecule has 0 bridgehead atoms. The second kappa shape index (κ2) is 9.71. The van der Waals surface area contributed by atoms with Crippen LogP contribution in [0.4, 0.5) is 4.79 Å². The SMILES string of the molecule is CCOC(=O)C1=CCC(C(CC(C)C)NC(=O)OC(C)(C)C)C([N+](=O)[O-])C1. The molecule has 0 spiro atoms. The third-order valence-corrected chi connectivity index (χ3v) is 4.31. The molecule has 1 rings (SSSR count). The van der Waals surface area contributed by atoms with Gasteiger partial charge in [0, 0.05) is 23.0 Å². The number of rotatable bonds is 7. The molecule has 3 unspecified atom stereocenters. The van der Waals surface area contributed by atoms with E-state index < -0.39 is 35.7 Å². The van der Waals surface area contributed by atoms with Crippen LogP contribution in [0.1, 0.15) is 60.8 Å². The summed E-state index contributed by atoms with van der Waals surface area (Å²) in [6, 6.07) is -1.39. The van der Waals surface area contributed by atoms with Gasteiger partial charge in [-0.25, -0.2) is 9.59 Å². The summed E-state index contributed by atoms with van der Waals surface area (Å²) in [4.78, 5) is 35.5.